The summed E-state index contributed by atoms with van der Waals surface area (Å²) in [5, 5.41) is 0. The maximum absolute atomic E-state index is 4.18. The summed E-state index contributed by atoms with van der Waals surface area (Å²) in [5.41, 5.74) is 3.73. The van der Waals surface area contributed by atoms with Gasteiger partial charge in [-0.05, 0) is 0 Å². The van der Waals surface area contributed by atoms with E-state index in [0.717, 1.165) is 14.4 Å². The molecule has 0 radical (unpaired) electrons. The van der Waals surface area contributed by atoms with Gasteiger partial charge in [-0.1, -0.05) is 0 Å². The van der Waals surface area contributed by atoms with Crippen molar-refractivity contribution < 1.29 is 0 Å². The number of nitrogens with zero attached hydrogens (tertiary/aromatic N) is 1. The molecule has 0 bridgehead atoms. The van der Waals surface area contributed by atoms with Crippen molar-refractivity contribution in [3.05, 3.63) is 24.4 Å². The standard InChI is InChI=1S/C11H20B3N/c1-7(2)9(5)11-12-13-14-15(11)10(6)8(3)4/h7-8,13-14H,5-6H2,1-4H3. The molecular formula is C11H20B3N. The van der Waals surface area contributed by atoms with E-state index in [0.29, 0.717) is 11.8 Å². The molecule has 0 unspecified atom stereocenters. The normalized spacial score (nSPS) is 14.5. The van der Waals surface area contributed by atoms with Crippen molar-refractivity contribution in [3.63, 3.8) is 0 Å². The molecule has 1 heterocycles. The summed E-state index contributed by atoms with van der Waals surface area (Å²) >= 11 is 0. The van der Waals surface area contributed by atoms with Gasteiger partial charge in [-0.2, -0.15) is 0 Å². The molecule has 0 N–H and O–H groups in total. The van der Waals surface area contributed by atoms with Crippen molar-refractivity contribution in [1.82, 2.24) is 4.81 Å². The van der Waals surface area contributed by atoms with Crippen molar-refractivity contribution in [1.29, 1.82) is 0 Å². The van der Waals surface area contributed by atoms with E-state index in [4.69, 9.17) is 0 Å². The van der Waals surface area contributed by atoms with Crippen LogP contribution in [0.4, 0.5) is 0 Å². The molecule has 0 saturated carbocycles. The van der Waals surface area contributed by atoms with E-state index in [2.05, 4.69) is 52.5 Å². The molecular weight excluding hydrogens is 179 g/mol. The molecule has 1 nitrogen and oxygen atoms in total. The fraction of sp³-hybridized carbons (Fsp3) is 0.545. The molecule has 1 aliphatic rings. The van der Waals surface area contributed by atoms with E-state index in [-0.39, 0.29) is 0 Å². The summed E-state index contributed by atoms with van der Waals surface area (Å²) in [7, 11) is 2.19. The van der Waals surface area contributed by atoms with Gasteiger partial charge in [-0.3, -0.25) is 0 Å². The Kier molecular flexibility index (Phi) is 4.07. The average molecular weight is 199 g/mol. The van der Waals surface area contributed by atoms with E-state index in [1.165, 1.54) is 16.9 Å². The molecule has 1 aliphatic heterocycles. The Morgan fingerprint density at radius 3 is 2.27 bits per heavy atom. The first-order chi connectivity index (χ1) is 6.95. The van der Waals surface area contributed by atoms with Gasteiger partial charge in [0.05, 0.1) is 0 Å². The van der Waals surface area contributed by atoms with Crippen LogP contribution in [-0.2, 0) is 0 Å². The zero-order valence-corrected chi connectivity index (χ0v) is 10.5. The van der Waals surface area contributed by atoms with Crippen molar-refractivity contribution >= 4 is 26.8 Å². The van der Waals surface area contributed by atoms with Crippen LogP contribution < -0.4 is 0 Å². The van der Waals surface area contributed by atoms with Gasteiger partial charge in [0.15, 0.2) is 0 Å². The fourth-order valence-corrected chi connectivity index (χ4v) is 1.77. The van der Waals surface area contributed by atoms with Crippen molar-refractivity contribution in [2.45, 2.75) is 27.7 Å². The van der Waals surface area contributed by atoms with Crippen LogP contribution in [0.1, 0.15) is 27.7 Å². The van der Waals surface area contributed by atoms with Gasteiger partial charge in [0.2, 0.25) is 0 Å². The van der Waals surface area contributed by atoms with Crippen LogP contribution in [0.5, 0.6) is 0 Å². The second kappa shape index (κ2) is 4.91. The zero-order chi connectivity index (χ0) is 11.6. The number of hydrogen-bond acceptors (Lipinski definition) is 1. The molecule has 0 aromatic rings. The van der Waals surface area contributed by atoms with Crippen LogP contribution >= 0.6 is 0 Å². The summed E-state index contributed by atoms with van der Waals surface area (Å²) in [6, 6.07) is 0. The predicted octanol–water partition coefficient (Wildman–Crippen LogP) is 1.14. The maximum atomic E-state index is 4.18. The molecule has 0 amide bonds. The molecule has 15 heavy (non-hydrogen) atoms. The molecule has 1 rings (SSSR count). The van der Waals surface area contributed by atoms with Crippen molar-refractivity contribution in [2.75, 3.05) is 0 Å². The van der Waals surface area contributed by atoms with Gasteiger partial charge in [0.1, 0.15) is 0 Å². The summed E-state index contributed by atoms with van der Waals surface area (Å²) in [5.74, 6) is 1.02. The molecule has 0 saturated heterocycles. The van der Waals surface area contributed by atoms with Gasteiger partial charge in [-0.15, -0.1) is 0 Å². The SMILES string of the molecule is C=C(C1=BBBN1C(=C)C(C)C)C(C)C. The van der Waals surface area contributed by atoms with E-state index >= 15 is 0 Å². The molecule has 4 heteroatoms. The van der Waals surface area contributed by atoms with E-state index in [9.17, 15) is 0 Å². The number of hydrogen-bond donors (Lipinski definition) is 0. The van der Waals surface area contributed by atoms with Gasteiger partial charge in [0.25, 0.3) is 0 Å². The minimum atomic E-state index is 0.506. The number of rotatable bonds is 4. The Bertz CT molecular complexity index is 305. The van der Waals surface area contributed by atoms with E-state index in [1.807, 2.05) is 0 Å². The Morgan fingerprint density at radius 1 is 1.20 bits per heavy atom. The summed E-state index contributed by atoms with van der Waals surface area (Å²) in [4.78, 5) is 2.33. The van der Waals surface area contributed by atoms with Gasteiger partial charge in [-0.25, -0.2) is 0 Å². The third-order valence-electron chi connectivity index (χ3n) is 3.02. The van der Waals surface area contributed by atoms with E-state index in [1.54, 1.807) is 0 Å². The molecule has 78 valence electrons. The van der Waals surface area contributed by atoms with Crippen molar-refractivity contribution in [3.8, 4) is 0 Å². The second-order valence-corrected chi connectivity index (χ2v) is 4.86. The van der Waals surface area contributed by atoms with Crippen LogP contribution in [0, 0.1) is 11.8 Å². The monoisotopic (exact) mass is 199 g/mol. The third-order valence-corrected chi connectivity index (χ3v) is 3.02. The summed E-state index contributed by atoms with van der Waals surface area (Å²) in [6.45, 7) is 19.4. The summed E-state index contributed by atoms with van der Waals surface area (Å²) < 4.78 is 0. The summed E-state index contributed by atoms with van der Waals surface area (Å²) in [6.07, 6.45) is 0. The van der Waals surface area contributed by atoms with Crippen LogP contribution in [0.3, 0.4) is 0 Å². The average Bonchev–Trinajstić information content (AvgIpc) is 2.63. The Morgan fingerprint density at radius 2 is 1.80 bits per heavy atom. The molecule has 0 spiro atoms. The minimum absolute atomic E-state index is 0.506. The van der Waals surface area contributed by atoms with Gasteiger partial charge < -0.3 is 0 Å². The van der Waals surface area contributed by atoms with Gasteiger partial charge >= 0.3 is 95.5 Å². The van der Waals surface area contributed by atoms with Gasteiger partial charge in [0, 0.05) is 0 Å². The molecule has 0 aliphatic carbocycles. The Balaban J connectivity index is 2.82. The predicted molar refractivity (Wildman–Crippen MR) is 74.9 cm³/mol. The van der Waals surface area contributed by atoms with Crippen LogP contribution in [0.25, 0.3) is 0 Å². The van der Waals surface area contributed by atoms with Crippen LogP contribution in [0.2, 0.25) is 0 Å². The topological polar surface area (TPSA) is 3.24 Å². The molecule has 0 atom stereocenters. The number of allylic oxidation sites excluding steroid dienone is 1. The Hall–Kier alpha value is -0.655. The third kappa shape index (κ3) is 2.67. The first kappa shape index (κ1) is 12.4. The second-order valence-electron chi connectivity index (χ2n) is 4.86. The molecule has 0 fully saturated rings. The Labute approximate surface area is 96.0 Å². The van der Waals surface area contributed by atoms with Crippen LogP contribution in [-0.4, -0.2) is 31.6 Å². The van der Waals surface area contributed by atoms with Crippen molar-refractivity contribution in [2.24, 2.45) is 11.8 Å². The molecule has 0 aromatic heterocycles. The fourth-order valence-electron chi connectivity index (χ4n) is 1.77. The quantitative estimate of drug-likeness (QED) is 0.613. The zero-order valence-electron chi connectivity index (χ0n) is 10.5. The first-order valence-electron chi connectivity index (χ1n) is 5.80. The molecule has 0 aromatic carbocycles. The van der Waals surface area contributed by atoms with E-state index < -0.39 is 0 Å². The first-order valence-corrected chi connectivity index (χ1v) is 5.80. The van der Waals surface area contributed by atoms with Crippen LogP contribution in [0.15, 0.2) is 24.4 Å².